The molecule has 0 unspecified atom stereocenters. The van der Waals surface area contributed by atoms with Gasteiger partial charge in [-0.25, -0.2) is 4.98 Å². The van der Waals surface area contributed by atoms with Crippen LogP contribution in [0.4, 0.5) is 18.9 Å². The highest BCUT2D eigenvalue weighted by Crippen LogP contribution is 2.30. The van der Waals surface area contributed by atoms with Crippen LogP contribution in [0.5, 0.6) is 0 Å². The van der Waals surface area contributed by atoms with Crippen molar-refractivity contribution in [3.05, 3.63) is 23.5 Å². The van der Waals surface area contributed by atoms with Crippen molar-refractivity contribution in [1.29, 1.82) is 0 Å². The zero-order valence-corrected chi connectivity index (χ0v) is 12.1. The summed E-state index contributed by atoms with van der Waals surface area (Å²) in [6, 6.07) is 1.93. The lowest BCUT2D eigenvalue weighted by Crippen LogP contribution is -2.44. The average Bonchev–Trinajstić information content (AvgIpc) is 2.25. The fourth-order valence-corrected chi connectivity index (χ4v) is 1.94. The van der Waals surface area contributed by atoms with Crippen LogP contribution >= 0.6 is 0 Å². The van der Waals surface area contributed by atoms with E-state index in [1.165, 1.54) is 6.07 Å². The minimum Gasteiger partial charge on any atom is -0.598 e. The molecule has 5 N–H and O–H groups in total. The highest BCUT2D eigenvalue weighted by Gasteiger charge is 2.34. The number of nitrogens with two attached hydrogens (primary N) is 2. The van der Waals surface area contributed by atoms with E-state index >= 15 is 0 Å². The lowest BCUT2D eigenvalue weighted by molar-refractivity contribution is -0.141. The van der Waals surface area contributed by atoms with E-state index in [0.717, 1.165) is 6.07 Å². The molecule has 0 aliphatic carbocycles. The summed E-state index contributed by atoms with van der Waals surface area (Å²) in [7, 11) is 0. The molecule has 1 rings (SSSR count). The predicted octanol–water partition coefficient (Wildman–Crippen LogP) is 1.69. The van der Waals surface area contributed by atoms with Gasteiger partial charge in [-0.15, -0.1) is 4.72 Å². The van der Waals surface area contributed by atoms with Crippen LogP contribution in [0.1, 0.15) is 38.3 Å². The summed E-state index contributed by atoms with van der Waals surface area (Å²) in [5.74, 6) is 0. The summed E-state index contributed by atoms with van der Waals surface area (Å²) in [6.45, 7) is 5.12. The maximum Gasteiger partial charge on any atom is 0.433 e. The Morgan fingerprint density at radius 3 is 2.30 bits per heavy atom. The van der Waals surface area contributed by atoms with Gasteiger partial charge in [0.15, 0.2) is 0 Å². The molecule has 20 heavy (non-hydrogen) atoms. The summed E-state index contributed by atoms with van der Waals surface area (Å²) in [6.07, 6.45) is -5.73. The second kappa shape index (κ2) is 5.76. The Morgan fingerprint density at radius 1 is 1.30 bits per heavy atom. The maximum atomic E-state index is 12.6. The summed E-state index contributed by atoms with van der Waals surface area (Å²) >= 11 is -1.54. The minimum absolute atomic E-state index is 0.110. The van der Waals surface area contributed by atoms with Crippen molar-refractivity contribution in [2.45, 2.75) is 37.9 Å². The molecule has 2 atom stereocenters. The molecule has 1 heterocycles. The van der Waals surface area contributed by atoms with E-state index in [4.69, 9.17) is 11.5 Å². The third kappa shape index (κ3) is 4.51. The molecular formula is C11H17F3N4OS. The number of pyridine rings is 1. The number of nitrogens with one attached hydrogen (secondary N) is 1. The lowest BCUT2D eigenvalue weighted by atomic mass is 10.2. The van der Waals surface area contributed by atoms with Crippen molar-refractivity contribution < 1.29 is 17.7 Å². The standard InChI is InChI=1S/C11H17F3N4OS/c1-10(2,3)20(19)18-9(16)7-4-6(15)5-8(17-7)11(12,13)14/h4-5,9,18H,16H2,1-3H3,(H2,15,17)/t9-,20+/m0/s1. The summed E-state index contributed by atoms with van der Waals surface area (Å²) in [5.41, 5.74) is 9.74. The average molecular weight is 310 g/mol. The number of anilines is 1. The van der Waals surface area contributed by atoms with Crippen molar-refractivity contribution in [2.75, 3.05) is 5.73 Å². The van der Waals surface area contributed by atoms with Gasteiger partial charge in [0.2, 0.25) is 0 Å². The quantitative estimate of drug-likeness (QED) is 0.583. The van der Waals surface area contributed by atoms with E-state index < -0.39 is 34.1 Å². The van der Waals surface area contributed by atoms with Gasteiger partial charge < -0.3 is 16.0 Å². The number of halogens is 3. The highest BCUT2D eigenvalue weighted by atomic mass is 32.2. The van der Waals surface area contributed by atoms with E-state index in [9.17, 15) is 17.7 Å². The number of hydrogen-bond donors (Lipinski definition) is 3. The van der Waals surface area contributed by atoms with Gasteiger partial charge in [-0.3, -0.25) is 0 Å². The second-order valence-electron chi connectivity index (χ2n) is 5.18. The molecule has 0 bridgehead atoms. The summed E-state index contributed by atoms with van der Waals surface area (Å²) in [4.78, 5) is 3.41. The lowest BCUT2D eigenvalue weighted by Gasteiger charge is -2.26. The fourth-order valence-electron chi connectivity index (χ4n) is 1.23. The highest BCUT2D eigenvalue weighted by molar-refractivity contribution is 7.90. The predicted molar refractivity (Wildman–Crippen MR) is 71.6 cm³/mol. The zero-order valence-electron chi connectivity index (χ0n) is 11.3. The molecule has 0 amide bonds. The molecule has 0 saturated carbocycles. The van der Waals surface area contributed by atoms with Crippen molar-refractivity contribution >= 4 is 17.0 Å². The molecule has 0 fully saturated rings. The number of alkyl halides is 3. The van der Waals surface area contributed by atoms with Gasteiger partial charge in [0.1, 0.15) is 16.6 Å². The Labute approximate surface area is 118 Å². The normalized spacial score (nSPS) is 16.0. The van der Waals surface area contributed by atoms with Crippen molar-refractivity contribution in [2.24, 2.45) is 5.73 Å². The molecule has 0 radical (unpaired) electrons. The molecule has 5 nitrogen and oxygen atoms in total. The monoisotopic (exact) mass is 310 g/mol. The summed E-state index contributed by atoms with van der Waals surface area (Å²) < 4.78 is 51.6. The van der Waals surface area contributed by atoms with E-state index in [1.54, 1.807) is 20.8 Å². The molecule has 9 heteroatoms. The molecular weight excluding hydrogens is 293 g/mol. The van der Waals surface area contributed by atoms with E-state index in [0.29, 0.717) is 0 Å². The third-order valence-electron chi connectivity index (χ3n) is 2.27. The summed E-state index contributed by atoms with van der Waals surface area (Å²) in [5, 5.41) is 0. The van der Waals surface area contributed by atoms with Gasteiger partial charge in [-0.2, -0.15) is 13.2 Å². The molecule has 114 valence electrons. The van der Waals surface area contributed by atoms with Gasteiger partial charge in [-0.05, 0) is 32.9 Å². The first-order valence-electron chi connectivity index (χ1n) is 5.69. The number of nitrogens with zero attached hydrogens (tertiary/aromatic N) is 1. The van der Waals surface area contributed by atoms with E-state index in [2.05, 4.69) is 9.71 Å². The van der Waals surface area contributed by atoms with Gasteiger partial charge in [0, 0.05) is 17.0 Å². The second-order valence-corrected chi connectivity index (χ2v) is 7.18. The first kappa shape index (κ1) is 17.0. The Bertz CT molecular complexity index is 476. The first-order chi connectivity index (χ1) is 8.91. The molecule has 0 saturated heterocycles. The molecule has 0 aliphatic heterocycles. The Hall–Kier alpha value is -1.03. The van der Waals surface area contributed by atoms with Crippen LogP contribution in [0.15, 0.2) is 12.1 Å². The van der Waals surface area contributed by atoms with Crippen LogP contribution in [0.25, 0.3) is 0 Å². The van der Waals surface area contributed by atoms with Crippen LogP contribution < -0.4 is 16.2 Å². The van der Waals surface area contributed by atoms with Crippen LogP contribution in [0.2, 0.25) is 0 Å². The van der Waals surface area contributed by atoms with Crippen LogP contribution in [0.3, 0.4) is 0 Å². The largest absolute Gasteiger partial charge is 0.598 e. The number of aromatic nitrogens is 1. The SMILES string of the molecule is CC(C)(C)[S@@+]([O-])N[C@H](N)c1cc(N)cc(C(F)(F)F)n1. The Balaban J connectivity index is 2.99. The van der Waals surface area contributed by atoms with Gasteiger partial charge in [0.25, 0.3) is 0 Å². The van der Waals surface area contributed by atoms with Gasteiger partial charge in [-0.1, -0.05) is 0 Å². The number of rotatable bonds is 3. The topological polar surface area (TPSA) is 100 Å². The molecule has 1 aromatic heterocycles. The van der Waals surface area contributed by atoms with Gasteiger partial charge >= 0.3 is 6.18 Å². The van der Waals surface area contributed by atoms with Crippen LogP contribution in [-0.4, -0.2) is 14.3 Å². The molecule has 0 spiro atoms. The van der Waals surface area contributed by atoms with E-state index in [-0.39, 0.29) is 11.4 Å². The minimum atomic E-state index is -4.62. The third-order valence-corrected chi connectivity index (χ3v) is 3.85. The molecule has 0 aliphatic rings. The van der Waals surface area contributed by atoms with Gasteiger partial charge in [0.05, 0.1) is 5.69 Å². The van der Waals surface area contributed by atoms with E-state index in [1.807, 2.05) is 0 Å². The number of hydrogen-bond acceptors (Lipinski definition) is 5. The van der Waals surface area contributed by atoms with Crippen LogP contribution in [0, 0.1) is 0 Å². The molecule has 0 aromatic carbocycles. The van der Waals surface area contributed by atoms with Crippen molar-refractivity contribution in [3.63, 3.8) is 0 Å². The zero-order chi connectivity index (χ0) is 15.7. The Kier molecular flexibility index (Phi) is 4.90. The van der Waals surface area contributed by atoms with Crippen molar-refractivity contribution in [3.8, 4) is 0 Å². The van der Waals surface area contributed by atoms with Crippen LogP contribution in [-0.2, 0) is 17.5 Å². The van der Waals surface area contributed by atoms with Crippen molar-refractivity contribution in [1.82, 2.24) is 9.71 Å². The Morgan fingerprint density at radius 2 is 1.85 bits per heavy atom. The fraction of sp³-hybridized carbons (Fsp3) is 0.545. The smallest absolute Gasteiger partial charge is 0.433 e. The maximum absolute atomic E-state index is 12.6. The number of nitrogen functional groups attached to an aromatic ring is 1. The molecule has 1 aromatic rings. The first-order valence-corrected chi connectivity index (χ1v) is 6.84.